The van der Waals surface area contributed by atoms with Crippen LogP contribution in [0.2, 0.25) is 0 Å². The molecule has 3 aromatic rings. The summed E-state index contributed by atoms with van der Waals surface area (Å²) in [7, 11) is 0. The predicted octanol–water partition coefficient (Wildman–Crippen LogP) is 6.18. The minimum Gasteiger partial charge on any atom is -0.423 e. The van der Waals surface area contributed by atoms with Crippen molar-refractivity contribution in [2.24, 2.45) is 0 Å². The Balaban J connectivity index is 1.76. The van der Waals surface area contributed by atoms with Crippen LogP contribution >= 0.6 is 0 Å². The zero-order chi connectivity index (χ0) is 18.7. The van der Waals surface area contributed by atoms with Crippen molar-refractivity contribution in [1.29, 1.82) is 0 Å². The van der Waals surface area contributed by atoms with Crippen LogP contribution in [0.25, 0.3) is 11.1 Å². The first-order valence-electron chi connectivity index (χ1n) is 8.83. The van der Waals surface area contributed by atoms with Gasteiger partial charge in [-0.1, -0.05) is 75.4 Å². The second kappa shape index (κ2) is 7.17. The van der Waals surface area contributed by atoms with Crippen molar-refractivity contribution in [3.05, 3.63) is 89.5 Å². The van der Waals surface area contributed by atoms with E-state index in [2.05, 4.69) is 26.8 Å². The van der Waals surface area contributed by atoms with Crippen LogP contribution in [-0.2, 0) is 5.41 Å². The fraction of sp³-hybridized carbons (Fsp3) is 0.208. The van der Waals surface area contributed by atoms with Gasteiger partial charge in [-0.15, -0.1) is 0 Å². The zero-order valence-corrected chi connectivity index (χ0v) is 15.7. The molecule has 0 bridgehead atoms. The monoisotopic (exact) mass is 344 g/mol. The molecule has 2 nitrogen and oxygen atoms in total. The molecule has 0 aliphatic carbocycles. The smallest absolute Gasteiger partial charge is 0.343 e. The van der Waals surface area contributed by atoms with Crippen molar-refractivity contribution in [2.75, 3.05) is 0 Å². The number of carbonyl (C=O) groups excluding carboxylic acids is 1. The van der Waals surface area contributed by atoms with Crippen molar-refractivity contribution in [2.45, 2.75) is 33.1 Å². The molecule has 2 heteroatoms. The van der Waals surface area contributed by atoms with Crippen molar-refractivity contribution < 1.29 is 9.53 Å². The fourth-order valence-corrected chi connectivity index (χ4v) is 2.82. The number of ether oxygens (including phenoxy) is 1. The SMILES string of the molecule is Cc1cc(C(C)(C)C)ccc1OC(=O)c1ccc(-c2ccccc2)cc1. The van der Waals surface area contributed by atoms with Crippen molar-refractivity contribution in [3.63, 3.8) is 0 Å². The van der Waals surface area contributed by atoms with Crippen molar-refractivity contribution >= 4 is 5.97 Å². The lowest BCUT2D eigenvalue weighted by molar-refractivity contribution is 0.0733. The highest BCUT2D eigenvalue weighted by Gasteiger charge is 2.16. The first kappa shape index (κ1) is 17.9. The van der Waals surface area contributed by atoms with E-state index >= 15 is 0 Å². The third-order valence-corrected chi connectivity index (χ3v) is 4.47. The lowest BCUT2D eigenvalue weighted by atomic mass is 9.86. The summed E-state index contributed by atoms with van der Waals surface area (Å²) < 4.78 is 5.61. The number of benzene rings is 3. The van der Waals surface area contributed by atoms with Gasteiger partial charge < -0.3 is 4.74 Å². The van der Waals surface area contributed by atoms with Gasteiger partial charge in [0, 0.05) is 0 Å². The van der Waals surface area contributed by atoms with E-state index < -0.39 is 0 Å². The number of rotatable bonds is 3. The molecule has 3 aromatic carbocycles. The quantitative estimate of drug-likeness (QED) is 0.419. The Morgan fingerprint density at radius 1 is 0.808 bits per heavy atom. The van der Waals surface area contributed by atoms with Gasteiger partial charge in [0.05, 0.1) is 5.56 Å². The molecule has 0 unspecified atom stereocenters. The van der Waals surface area contributed by atoms with Crippen LogP contribution in [-0.4, -0.2) is 5.97 Å². The summed E-state index contributed by atoms with van der Waals surface area (Å²) in [5, 5.41) is 0. The van der Waals surface area contributed by atoms with Crippen LogP contribution in [0.3, 0.4) is 0 Å². The molecule has 0 atom stereocenters. The summed E-state index contributed by atoms with van der Waals surface area (Å²) in [4.78, 5) is 12.5. The van der Waals surface area contributed by atoms with Gasteiger partial charge in [0.15, 0.2) is 0 Å². The van der Waals surface area contributed by atoms with E-state index in [9.17, 15) is 4.79 Å². The Bertz CT molecular complexity index is 901. The van der Waals surface area contributed by atoms with E-state index in [0.717, 1.165) is 16.7 Å². The van der Waals surface area contributed by atoms with Crippen molar-refractivity contribution in [1.82, 2.24) is 0 Å². The molecule has 0 aliphatic heterocycles. The highest BCUT2D eigenvalue weighted by molar-refractivity contribution is 5.91. The molecule has 0 saturated carbocycles. The second-order valence-corrected chi connectivity index (χ2v) is 7.56. The van der Waals surface area contributed by atoms with Gasteiger partial charge in [-0.25, -0.2) is 4.79 Å². The zero-order valence-electron chi connectivity index (χ0n) is 15.7. The summed E-state index contributed by atoms with van der Waals surface area (Å²) in [5.41, 5.74) is 5.01. The molecule has 0 aromatic heterocycles. The van der Waals surface area contributed by atoms with E-state index in [4.69, 9.17) is 4.74 Å². The van der Waals surface area contributed by atoms with E-state index in [1.165, 1.54) is 5.56 Å². The lowest BCUT2D eigenvalue weighted by Crippen LogP contribution is -2.13. The molecule has 0 N–H and O–H groups in total. The Morgan fingerprint density at radius 3 is 2.00 bits per heavy atom. The first-order chi connectivity index (χ1) is 12.3. The minimum atomic E-state index is -0.337. The third-order valence-electron chi connectivity index (χ3n) is 4.47. The topological polar surface area (TPSA) is 26.3 Å². The van der Waals surface area contributed by atoms with Gasteiger partial charge in [0.1, 0.15) is 5.75 Å². The van der Waals surface area contributed by atoms with Crippen LogP contribution in [0.4, 0.5) is 0 Å². The highest BCUT2D eigenvalue weighted by atomic mass is 16.5. The van der Waals surface area contributed by atoms with E-state index in [1.807, 2.05) is 73.7 Å². The molecule has 3 rings (SSSR count). The average Bonchev–Trinajstić information content (AvgIpc) is 2.63. The largest absolute Gasteiger partial charge is 0.423 e. The Hall–Kier alpha value is -2.87. The molecule has 26 heavy (non-hydrogen) atoms. The van der Waals surface area contributed by atoms with Crippen LogP contribution in [0.15, 0.2) is 72.8 Å². The summed E-state index contributed by atoms with van der Waals surface area (Å²) in [6.07, 6.45) is 0. The van der Waals surface area contributed by atoms with Gasteiger partial charge >= 0.3 is 5.97 Å². The standard InChI is InChI=1S/C24H24O2/c1-17-16-21(24(2,3)4)14-15-22(17)26-23(25)20-12-10-19(11-13-20)18-8-6-5-7-9-18/h5-16H,1-4H3. The molecular weight excluding hydrogens is 320 g/mol. The predicted molar refractivity (Wildman–Crippen MR) is 107 cm³/mol. The fourth-order valence-electron chi connectivity index (χ4n) is 2.82. The minimum absolute atomic E-state index is 0.0700. The van der Waals surface area contributed by atoms with Gasteiger partial charge in [-0.3, -0.25) is 0 Å². The van der Waals surface area contributed by atoms with Crippen molar-refractivity contribution in [3.8, 4) is 16.9 Å². The van der Waals surface area contributed by atoms with E-state index in [1.54, 1.807) is 0 Å². The van der Waals surface area contributed by atoms with Gasteiger partial charge in [0.25, 0.3) is 0 Å². The third kappa shape index (κ3) is 4.02. The molecule has 0 heterocycles. The Morgan fingerprint density at radius 2 is 1.42 bits per heavy atom. The van der Waals surface area contributed by atoms with Crippen LogP contribution in [0, 0.1) is 6.92 Å². The van der Waals surface area contributed by atoms with Crippen LogP contribution in [0.5, 0.6) is 5.75 Å². The molecule has 0 aliphatic rings. The molecular formula is C24H24O2. The second-order valence-electron chi connectivity index (χ2n) is 7.56. The molecule has 132 valence electrons. The molecule has 0 saturated heterocycles. The number of esters is 1. The Kier molecular flexibility index (Phi) is 4.94. The summed E-state index contributed by atoms with van der Waals surface area (Å²) in [6, 6.07) is 23.6. The van der Waals surface area contributed by atoms with Gasteiger partial charge in [-0.05, 0) is 52.8 Å². The maximum absolute atomic E-state index is 12.5. The number of aryl methyl sites for hydroxylation is 1. The normalized spacial score (nSPS) is 11.2. The van der Waals surface area contributed by atoms with Gasteiger partial charge in [-0.2, -0.15) is 0 Å². The van der Waals surface area contributed by atoms with E-state index in [-0.39, 0.29) is 11.4 Å². The van der Waals surface area contributed by atoms with Gasteiger partial charge in [0.2, 0.25) is 0 Å². The maximum Gasteiger partial charge on any atom is 0.343 e. The lowest BCUT2D eigenvalue weighted by Gasteiger charge is -2.20. The van der Waals surface area contributed by atoms with E-state index in [0.29, 0.717) is 11.3 Å². The molecule has 0 spiro atoms. The summed E-state index contributed by atoms with van der Waals surface area (Å²) in [5.74, 6) is 0.270. The Labute approximate surface area is 155 Å². The average molecular weight is 344 g/mol. The molecule has 0 fully saturated rings. The number of hydrogen-bond donors (Lipinski definition) is 0. The molecule has 0 amide bonds. The van der Waals surface area contributed by atoms with Crippen LogP contribution in [0.1, 0.15) is 42.3 Å². The summed E-state index contributed by atoms with van der Waals surface area (Å²) >= 11 is 0. The number of hydrogen-bond acceptors (Lipinski definition) is 2. The first-order valence-corrected chi connectivity index (χ1v) is 8.83. The maximum atomic E-state index is 12.5. The highest BCUT2D eigenvalue weighted by Crippen LogP contribution is 2.28. The summed E-state index contributed by atoms with van der Waals surface area (Å²) in [6.45, 7) is 8.47. The molecule has 0 radical (unpaired) electrons. The number of carbonyl (C=O) groups is 1. The van der Waals surface area contributed by atoms with Crippen LogP contribution < -0.4 is 4.74 Å².